The van der Waals surface area contributed by atoms with E-state index in [0.717, 1.165) is 50.8 Å². The molecule has 0 unspecified atom stereocenters. The van der Waals surface area contributed by atoms with Crippen molar-refractivity contribution in [3.05, 3.63) is 88.7 Å². The third-order valence-corrected chi connectivity index (χ3v) is 7.05. The van der Waals surface area contributed by atoms with Gasteiger partial charge in [0.05, 0.1) is 18.1 Å². The molecule has 0 amide bonds. The van der Waals surface area contributed by atoms with Gasteiger partial charge in [-0.3, -0.25) is 9.80 Å². The second-order valence-electron chi connectivity index (χ2n) is 8.52. The largest absolute Gasteiger partial charge is 0.365 e. The van der Waals surface area contributed by atoms with Gasteiger partial charge in [0, 0.05) is 51.5 Å². The van der Waals surface area contributed by atoms with Crippen molar-refractivity contribution in [2.45, 2.75) is 13.0 Å². The number of thiazole rings is 1. The molecule has 0 radical (unpaired) electrons. The van der Waals surface area contributed by atoms with E-state index in [0.29, 0.717) is 0 Å². The fraction of sp³-hybridized carbons (Fsp3) is 0.296. The maximum absolute atomic E-state index is 4.50. The van der Waals surface area contributed by atoms with E-state index in [2.05, 4.69) is 93.2 Å². The normalized spacial score (nSPS) is 17.1. The summed E-state index contributed by atoms with van der Waals surface area (Å²) in [5.41, 5.74) is 5.66. The zero-order valence-corrected chi connectivity index (χ0v) is 19.3. The van der Waals surface area contributed by atoms with E-state index in [1.807, 2.05) is 12.3 Å². The number of aromatic nitrogens is 1. The summed E-state index contributed by atoms with van der Waals surface area (Å²) in [5, 5.41) is 0.896. The second-order valence-corrected chi connectivity index (χ2v) is 9.55. The van der Waals surface area contributed by atoms with Gasteiger partial charge in [-0.15, -0.1) is 11.3 Å². The molecular weight excluding hydrogens is 412 g/mol. The highest BCUT2D eigenvalue weighted by molar-refractivity contribution is 7.15. The van der Waals surface area contributed by atoms with Crippen molar-refractivity contribution >= 4 is 11.3 Å². The lowest BCUT2D eigenvalue weighted by Gasteiger charge is -2.42. The minimum Gasteiger partial charge on any atom is -0.365 e. The molecule has 4 nitrogen and oxygen atoms in total. The molecule has 0 fully saturated rings. The van der Waals surface area contributed by atoms with Crippen molar-refractivity contribution in [3.63, 3.8) is 0 Å². The molecule has 2 aliphatic heterocycles. The predicted octanol–water partition coefficient (Wildman–Crippen LogP) is 4.53. The highest BCUT2D eigenvalue weighted by Crippen LogP contribution is 2.27. The van der Waals surface area contributed by atoms with Gasteiger partial charge < -0.3 is 4.90 Å². The van der Waals surface area contributed by atoms with Crippen molar-refractivity contribution in [2.24, 2.45) is 0 Å². The van der Waals surface area contributed by atoms with E-state index >= 15 is 0 Å². The topological polar surface area (TPSA) is 22.6 Å². The third kappa shape index (κ3) is 4.94. The maximum Gasteiger partial charge on any atom is 0.167 e. The lowest BCUT2D eigenvalue weighted by atomic mass is 10.0. The molecule has 3 heterocycles. The maximum atomic E-state index is 4.50. The standard InChI is InChI=1S/C27H28N4S/c1-29-21-31(18-22-9-4-2-5-10-22)20-24-19-30(16-14-25(24)29)15-8-13-27-28-17-26(32-27)23-11-6-3-7-12-23/h2-7,9-12,17H,14-16,18-21H2,1H3. The first kappa shape index (κ1) is 21.0. The smallest absolute Gasteiger partial charge is 0.167 e. The van der Waals surface area contributed by atoms with Crippen LogP contribution in [-0.2, 0) is 6.54 Å². The first-order valence-corrected chi connectivity index (χ1v) is 12.0. The van der Waals surface area contributed by atoms with Crippen LogP contribution in [0.1, 0.15) is 17.0 Å². The molecule has 1 aromatic heterocycles. The Morgan fingerprint density at radius 3 is 2.53 bits per heavy atom. The Balaban J connectivity index is 1.20. The van der Waals surface area contributed by atoms with Crippen molar-refractivity contribution < 1.29 is 0 Å². The molecule has 0 spiro atoms. The minimum atomic E-state index is 0.791. The zero-order chi connectivity index (χ0) is 21.8. The summed E-state index contributed by atoms with van der Waals surface area (Å²) in [6.07, 6.45) is 3.04. The van der Waals surface area contributed by atoms with Gasteiger partial charge >= 0.3 is 0 Å². The number of hydrogen-bond acceptors (Lipinski definition) is 5. The van der Waals surface area contributed by atoms with Crippen molar-refractivity contribution in [1.29, 1.82) is 0 Å². The first-order valence-electron chi connectivity index (χ1n) is 11.2. The highest BCUT2D eigenvalue weighted by Gasteiger charge is 2.27. The predicted molar refractivity (Wildman–Crippen MR) is 132 cm³/mol. The summed E-state index contributed by atoms with van der Waals surface area (Å²) in [6, 6.07) is 21.2. The molecule has 32 heavy (non-hydrogen) atoms. The Hall–Kier alpha value is -2.91. The number of hydrogen-bond donors (Lipinski definition) is 0. The van der Waals surface area contributed by atoms with Crippen LogP contribution >= 0.6 is 11.3 Å². The van der Waals surface area contributed by atoms with Gasteiger partial charge in [0.25, 0.3) is 0 Å². The van der Waals surface area contributed by atoms with E-state index in [9.17, 15) is 0 Å². The first-order chi connectivity index (χ1) is 15.7. The number of benzene rings is 2. The van der Waals surface area contributed by atoms with Crippen LogP contribution in [0.15, 0.2) is 78.1 Å². The molecule has 0 saturated heterocycles. The van der Waals surface area contributed by atoms with Gasteiger partial charge in [0.2, 0.25) is 0 Å². The summed E-state index contributed by atoms with van der Waals surface area (Å²) >= 11 is 1.67. The van der Waals surface area contributed by atoms with Gasteiger partial charge in [-0.25, -0.2) is 4.98 Å². The van der Waals surface area contributed by atoms with Crippen LogP contribution in [-0.4, -0.2) is 59.6 Å². The molecule has 5 rings (SSSR count). The van der Waals surface area contributed by atoms with Crippen molar-refractivity contribution in [2.75, 3.05) is 39.9 Å². The molecule has 0 N–H and O–H groups in total. The van der Waals surface area contributed by atoms with E-state index in [1.54, 1.807) is 16.9 Å². The van der Waals surface area contributed by atoms with Crippen LogP contribution < -0.4 is 0 Å². The Bertz CT molecular complexity index is 1140. The van der Waals surface area contributed by atoms with Crippen LogP contribution in [0.4, 0.5) is 0 Å². The molecule has 3 aromatic rings. The Labute approximate surface area is 194 Å². The third-order valence-electron chi connectivity index (χ3n) is 6.09. The Kier molecular flexibility index (Phi) is 6.36. The average molecular weight is 441 g/mol. The number of nitrogens with zero attached hydrogens (tertiary/aromatic N) is 4. The van der Waals surface area contributed by atoms with Crippen LogP contribution in [0, 0.1) is 11.8 Å². The summed E-state index contributed by atoms with van der Waals surface area (Å²) in [7, 11) is 2.23. The lowest BCUT2D eigenvalue weighted by molar-refractivity contribution is 0.137. The molecular formula is C27H28N4S. The fourth-order valence-electron chi connectivity index (χ4n) is 4.57. The molecule has 0 bridgehead atoms. The molecule has 5 heteroatoms. The van der Waals surface area contributed by atoms with E-state index in [4.69, 9.17) is 0 Å². The van der Waals surface area contributed by atoms with Crippen molar-refractivity contribution in [1.82, 2.24) is 19.7 Å². The summed E-state index contributed by atoms with van der Waals surface area (Å²) in [5.74, 6) is 6.65. The molecule has 2 aromatic carbocycles. The Morgan fingerprint density at radius 1 is 0.969 bits per heavy atom. The van der Waals surface area contributed by atoms with Crippen LogP contribution in [0.2, 0.25) is 0 Å². The van der Waals surface area contributed by atoms with Gasteiger partial charge in [-0.05, 0) is 22.6 Å². The van der Waals surface area contributed by atoms with Gasteiger partial charge in [-0.1, -0.05) is 66.6 Å². The van der Waals surface area contributed by atoms with E-state index < -0.39 is 0 Å². The zero-order valence-electron chi connectivity index (χ0n) is 18.5. The van der Waals surface area contributed by atoms with Gasteiger partial charge in [-0.2, -0.15) is 0 Å². The van der Waals surface area contributed by atoms with Crippen LogP contribution in [0.5, 0.6) is 0 Å². The second kappa shape index (κ2) is 9.70. The molecule has 0 aliphatic carbocycles. The molecule has 162 valence electrons. The van der Waals surface area contributed by atoms with Crippen LogP contribution in [0.25, 0.3) is 10.4 Å². The Morgan fingerprint density at radius 2 is 1.72 bits per heavy atom. The van der Waals surface area contributed by atoms with E-state index in [1.165, 1.54) is 21.7 Å². The van der Waals surface area contributed by atoms with Gasteiger partial charge in [0.1, 0.15) is 0 Å². The summed E-state index contributed by atoms with van der Waals surface area (Å²) < 4.78 is 0. The molecule has 0 atom stereocenters. The van der Waals surface area contributed by atoms with Crippen molar-refractivity contribution in [3.8, 4) is 22.3 Å². The minimum absolute atomic E-state index is 0.791. The lowest BCUT2D eigenvalue weighted by Crippen LogP contribution is -2.47. The summed E-state index contributed by atoms with van der Waals surface area (Å²) in [6.45, 7) is 5.91. The monoisotopic (exact) mass is 440 g/mol. The molecule has 0 saturated carbocycles. The van der Waals surface area contributed by atoms with Crippen LogP contribution in [0.3, 0.4) is 0 Å². The average Bonchev–Trinajstić information content (AvgIpc) is 3.29. The van der Waals surface area contributed by atoms with Gasteiger partial charge in [0.15, 0.2) is 5.01 Å². The van der Waals surface area contributed by atoms with E-state index in [-0.39, 0.29) is 0 Å². The SMILES string of the molecule is CN1CN(Cc2ccccc2)CC2=C1CCN(CC#Cc1ncc(-c3ccccc3)s1)C2. The highest BCUT2D eigenvalue weighted by atomic mass is 32.1. The fourth-order valence-corrected chi connectivity index (χ4v) is 5.36. The quantitative estimate of drug-likeness (QED) is 0.556. The molecule has 2 aliphatic rings. The number of rotatable bonds is 4. The summed E-state index contributed by atoms with van der Waals surface area (Å²) in [4.78, 5) is 13.1.